The molecule has 0 aromatic rings. The van der Waals surface area contributed by atoms with Crippen molar-refractivity contribution in [3.8, 4) is 0 Å². The molecule has 0 aromatic carbocycles. The second-order valence-corrected chi connectivity index (χ2v) is 15.4. The predicted octanol–water partition coefficient (Wildman–Crippen LogP) is 9.41. The Bertz CT molecular complexity index is 814. The fourth-order valence-electron chi connectivity index (χ4n) is 5.09. The fraction of sp³-hybridized carbons (Fsp3) is 0.865. The van der Waals surface area contributed by atoms with Gasteiger partial charge in [-0.25, -0.2) is 4.57 Å². The van der Waals surface area contributed by atoms with Crippen molar-refractivity contribution in [1.29, 1.82) is 0 Å². The Kier molecular flexibility index (Phi) is 29.4. The van der Waals surface area contributed by atoms with E-state index in [2.05, 4.69) is 31.3 Å². The van der Waals surface area contributed by atoms with Crippen LogP contribution in [0.15, 0.2) is 24.3 Å². The van der Waals surface area contributed by atoms with Gasteiger partial charge in [0.25, 0.3) is 0 Å². The van der Waals surface area contributed by atoms with Crippen molar-refractivity contribution in [3.63, 3.8) is 0 Å². The number of allylic oxidation sites excluding steroid dienone is 3. The zero-order chi connectivity index (χ0) is 34.4. The van der Waals surface area contributed by atoms with E-state index in [0.29, 0.717) is 17.4 Å². The molecule has 0 rings (SSSR count). The summed E-state index contributed by atoms with van der Waals surface area (Å²) in [6, 6.07) is -0.844. The Morgan fingerprint density at radius 2 is 1.17 bits per heavy atom. The molecular formula is C37H74N2O6P+. The maximum atomic E-state index is 12.7. The average Bonchev–Trinajstić information content (AvgIpc) is 2.99. The molecule has 0 bridgehead atoms. The lowest BCUT2D eigenvalue weighted by atomic mass is 10.1. The summed E-state index contributed by atoms with van der Waals surface area (Å²) >= 11 is 0. The van der Waals surface area contributed by atoms with E-state index in [4.69, 9.17) is 9.05 Å². The SMILES string of the molecule is CCCCCCCC/C=C/C(O)C(COP(=O)(O)OCC[N+](C)(C)C)NC(=O)CCCCCCC/C=C\CCCCCCCCC. The number of carbonyl (C=O) groups is 1. The van der Waals surface area contributed by atoms with Crippen molar-refractivity contribution in [2.45, 2.75) is 167 Å². The number of hydrogen-bond acceptors (Lipinski definition) is 5. The maximum absolute atomic E-state index is 12.7. The number of likely N-dealkylation sites (N-methyl/N-ethyl adjacent to an activating group) is 1. The molecule has 0 aliphatic heterocycles. The molecule has 272 valence electrons. The number of quaternary nitrogens is 1. The number of unbranched alkanes of at least 4 members (excludes halogenated alkanes) is 18. The van der Waals surface area contributed by atoms with Crippen molar-refractivity contribution < 1.29 is 32.9 Å². The van der Waals surface area contributed by atoms with Crippen molar-refractivity contribution in [3.05, 3.63) is 24.3 Å². The Hall–Kier alpha value is -1.02. The smallest absolute Gasteiger partial charge is 0.387 e. The molecule has 0 saturated heterocycles. The molecule has 0 spiro atoms. The van der Waals surface area contributed by atoms with Crippen LogP contribution in [0.2, 0.25) is 0 Å². The molecule has 3 unspecified atom stereocenters. The quantitative estimate of drug-likeness (QED) is 0.0278. The van der Waals surface area contributed by atoms with E-state index in [-0.39, 0.29) is 19.1 Å². The largest absolute Gasteiger partial charge is 0.472 e. The molecule has 0 aliphatic carbocycles. The topological polar surface area (TPSA) is 105 Å². The third kappa shape index (κ3) is 31.6. The molecule has 9 heteroatoms. The first-order chi connectivity index (χ1) is 22.0. The highest BCUT2D eigenvalue weighted by atomic mass is 31.2. The minimum Gasteiger partial charge on any atom is -0.387 e. The normalized spacial score (nSPS) is 15.0. The minimum absolute atomic E-state index is 0.0601. The standard InChI is InChI=1S/C37H73N2O6P/c1-6-8-10-12-14-16-17-18-19-20-21-22-23-25-27-29-31-37(41)38-35(34-45-46(42,43)44-33-32-39(3,4)5)36(40)30-28-26-24-15-13-11-9-7-2/h19-20,28,30,35-36,40H,6-18,21-27,29,31-34H2,1-5H3,(H-,38,41,42,43)/p+1/b20-19-,30-28+. The van der Waals surface area contributed by atoms with Crippen LogP contribution in [0, 0.1) is 0 Å². The Morgan fingerprint density at radius 1 is 0.717 bits per heavy atom. The summed E-state index contributed by atoms with van der Waals surface area (Å²) in [5, 5.41) is 13.7. The molecule has 3 N–H and O–H groups in total. The summed E-state index contributed by atoms with van der Waals surface area (Å²) in [6.07, 6.45) is 32.5. The molecule has 1 amide bonds. The van der Waals surface area contributed by atoms with Crippen LogP contribution >= 0.6 is 7.82 Å². The lowest BCUT2D eigenvalue weighted by molar-refractivity contribution is -0.870. The number of phosphoric ester groups is 1. The number of rotatable bonds is 33. The van der Waals surface area contributed by atoms with Crippen LogP contribution in [0.1, 0.15) is 155 Å². The molecular weight excluding hydrogens is 599 g/mol. The molecule has 0 fully saturated rings. The van der Waals surface area contributed by atoms with Gasteiger partial charge >= 0.3 is 7.82 Å². The number of carbonyl (C=O) groups excluding carboxylic acids is 1. The van der Waals surface area contributed by atoms with Gasteiger partial charge in [0, 0.05) is 6.42 Å². The van der Waals surface area contributed by atoms with E-state index in [1.54, 1.807) is 6.08 Å². The summed E-state index contributed by atoms with van der Waals surface area (Å²) < 4.78 is 23.4. The first-order valence-corrected chi connectivity index (χ1v) is 20.2. The van der Waals surface area contributed by atoms with Crippen molar-refractivity contribution >= 4 is 13.7 Å². The van der Waals surface area contributed by atoms with Gasteiger partial charge < -0.3 is 19.8 Å². The lowest BCUT2D eigenvalue weighted by Gasteiger charge is -2.25. The minimum atomic E-state index is -4.32. The Morgan fingerprint density at radius 3 is 1.67 bits per heavy atom. The molecule has 0 aromatic heterocycles. The molecule has 3 atom stereocenters. The Balaban J connectivity index is 4.45. The zero-order valence-electron chi connectivity index (χ0n) is 30.6. The van der Waals surface area contributed by atoms with Crippen molar-refractivity contribution in [2.75, 3.05) is 40.9 Å². The van der Waals surface area contributed by atoms with Gasteiger partial charge in [0.1, 0.15) is 13.2 Å². The monoisotopic (exact) mass is 674 g/mol. The average molecular weight is 674 g/mol. The zero-order valence-corrected chi connectivity index (χ0v) is 31.5. The first-order valence-electron chi connectivity index (χ1n) is 18.7. The molecule has 46 heavy (non-hydrogen) atoms. The third-order valence-electron chi connectivity index (χ3n) is 8.17. The van der Waals surface area contributed by atoms with Crippen LogP contribution in [0.5, 0.6) is 0 Å². The van der Waals surface area contributed by atoms with Crippen LogP contribution in [0.25, 0.3) is 0 Å². The van der Waals surface area contributed by atoms with E-state index in [1.165, 1.54) is 83.5 Å². The van der Waals surface area contributed by atoms with Gasteiger partial charge in [-0.15, -0.1) is 0 Å². The summed E-state index contributed by atoms with van der Waals surface area (Å²) in [7, 11) is 1.56. The highest BCUT2D eigenvalue weighted by Crippen LogP contribution is 2.43. The molecule has 0 saturated carbocycles. The third-order valence-corrected chi connectivity index (χ3v) is 9.15. The highest BCUT2D eigenvalue weighted by Gasteiger charge is 2.27. The number of hydrogen-bond donors (Lipinski definition) is 3. The fourth-order valence-corrected chi connectivity index (χ4v) is 5.83. The summed E-state index contributed by atoms with van der Waals surface area (Å²) in [4.78, 5) is 22.9. The number of amides is 1. The second kappa shape index (κ2) is 30.1. The van der Waals surface area contributed by atoms with E-state index in [1.807, 2.05) is 27.2 Å². The summed E-state index contributed by atoms with van der Waals surface area (Å²) in [5.74, 6) is -0.191. The van der Waals surface area contributed by atoms with Crippen LogP contribution in [0.4, 0.5) is 0 Å². The molecule has 0 heterocycles. The van der Waals surface area contributed by atoms with Crippen LogP contribution in [0.3, 0.4) is 0 Å². The second-order valence-electron chi connectivity index (χ2n) is 13.9. The molecule has 8 nitrogen and oxygen atoms in total. The predicted molar refractivity (Wildman–Crippen MR) is 194 cm³/mol. The van der Waals surface area contributed by atoms with Gasteiger partial charge in [0.15, 0.2) is 0 Å². The van der Waals surface area contributed by atoms with Crippen LogP contribution < -0.4 is 5.32 Å². The number of aliphatic hydroxyl groups is 1. The van der Waals surface area contributed by atoms with Crippen LogP contribution in [-0.2, 0) is 18.4 Å². The van der Waals surface area contributed by atoms with Gasteiger partial charge in [0.2, 0.25) is 5.91 Å². The molecule has 0 aliphatic rings. The highest BCUT2D eigenvalue weighted by molar-refractivity contribution is 7.47. The van der Waals surface area contributed by atoms with E-state index >= 15 is 0 Å². The lowest BCUT2D eigenvalue weighted by Crippen LogP contribution is -2.45. The number of nitrogens with one attached hydrogen (secondary N) is 1. The van der Waals surface area contributed by atoms with Crippen molar-refractivity contribution in [1.82, 2.24) is 5.32 Å². The summed E-state index contributed by atoms with van der Waals surface area (Å²) in [5.41, 5.74) is 0. The van der Waals surface area contributed by atoms with Gasteiger partial charge in [-0.3, -0.25) is 13.8 Å². The van der Waals surface area contributed by atoms with E-state index < -0.39 is 20.0 Å². The van der Waals surface area contributed by atoms with E-state index in [0.717, 1.165) is 51.4 Å². The van der Waals surface area contributed by atoms with Gasteiger partial charge in [-0.1, -0.05) is 128 Å². The number of phosphoric acid groups is 1. The van der Waals surface area contributed by atoms with Crippen molar-refractivity contribution in [2.24, 2.45) is 0 Å². The number of aliphatic hydroxyl groups excluding tert-OH is 1. The van der Waals surface area contributed by atoms with Crippen LogP contribution in [-0.4, -0.2) is 73.4 Å². The first kappa shape index (κ1) is 45.0. The van der Waals surface area contributed by atoms with E-state index in [9.17, 15) is 19.4 Å². The maximum Gasteiger partial charge on any atom is 0.472 e. The van der Waals surface area contributed by atoms with Gasteiger partial charge in [-0.2, -0.15) is 0 Å². The van der Waals surface area contributed by atoms with Gasteiger partial charge in [-0.05, 0) is 44.9 Å². The number of nitrogens with zero attached hydrogens (tertiary/aromatic N) is 1. The Labute approximate surface area is 284 Å². The summed E-state index contributed by atoms with van der Waals surface area (Å²) in [6.45, 7) is 4.74. The van der Waals surface area contributed by atoms with Gasteiger partial charge in [0.05, 0.1) is 39.9 Å². The molecule has 0 radical (unpaired) electrons.